The first kappa shape index (κ1) is 15.1. The standard InChI is InChI=1S/C17H14N2O3/c1-22-16-9-5-2-6-12(16)10-13(11-18)17(21)19-14-7-3-4-8-15(14)20/h2-10,20H,1H3,(H,19,21)/b13-10+. The largest absolute Gasteiger partial charge is 0.506 e. The highest BCUT2D eigenvalue weighted by atomic mass is 16.5. The lowest BCUT2D eigenvalue weighted by atomic mass is 10.1. The average molecular weight is 294 g/mol. The molecule has 0 radical (unpaired) electrons. The number of hydrogen-bond donors (Lipinski definition) is 2. The van der Waals surface area contributed by atoms with Crippen molar-refractivity contribution >= 4 is 17.7 Å². The number of anilines is 1. The van der Waals surface area contributed by atoms with Crippen molar-refractivity contribution in [2.24, 2.45) is 0 Å². The molecular formula is C17H14N2O3. The van der Waals surface area contributed by atoms with Gasteiger partial charge in [0.25, 0.3) is 5.91 Å². The third kappa shape index (κ3) is 3.44. The summed E-state index contributed by atoms with van der Waals surface area (Å²) in [6.07, 6.45) is 1.44. The molecule has 22 heavy (non-hydrogen) atoms. The fraction of sp³-hybridized carbons (Fsp3) is 0.0588. The van der Waals surface area contributed by atoms with Crippen molar-refractivity contribution in [3.05, 3.63) is 59.7 Å². The third-order valence-electron chi connectivity index (χ3n) is 2.96. The summed E-state index contributed by atoms with van der Waals surface area (Å²) in [5.41, 5.74) is 0.774. The minimum atomic E-state index is -0.602. The van der Waals surface area contributed by atoms with Gasteiger partial charge in [-0.25, -0.2) is 0 Å². The molecule has 2 aromatic carbocycles. The second-order valence-corrected chi connectivity index (χ2v) is 4.38. The molecule has 0 heterocycles. The number of para-hydroxylation sites is 3. The van der Waals surface area contributed by atoms with Crippen molar-refractivity contribution in [3.63, 3.8) is 0 Å². The van der Waals surface area contributed by atoms with Crippen LogP contribution in [0.15, 0.2) is 54.1 Å². The highest BCUT2D eigenvalue weighted by Gasteiger charge is 2.12. The molecule has 0 aliphatic rings. The quantitative estimate of drug-likeness (QED) is 0.516. The molecule has 0 aromatic heterocycles. The van der Waals surface area contributed by atoms with E-state index in [4.69, 9.17) is 4.74 Å². The number of rotatable bonds is 4. The first-order valence-corrected chi connectivity index (χ1v) is 6.50. The first-order chi connectivity index (χ1) is 10.7. The van der Waals surface area contributed by atoms with E-state index in [0.717, 1.165) is 0 Å². The molecule has 0 unspecified atom stereocenters. The summed E-state index contributed by atoms with van der Waals surface area (Å²) in [4.78, 5) is 12.1. The molecule has 0 aliphatic carbocycles. The average Bonchev–Trinajstić information content (AvgIpc) is 2.55. The fourth-order valence-corrected chi connectivity index (χ4v) is 1.86. The van der Waals surface area contributed by atoms with Crippen molar-refractivity contribution in [1.82, 2.24) is 0 Å². The Morgan fingerprint density at radius 3 is 2.59 bits per heavy atom. The summed E-state index contributed by atoms with van der Waals surface area (Å²) in [5, 5.41) is 21.3. The van der Waals surface area contributed by atoms with E-state index < -0.39 is 5.91 Å². The molecule has 2 rings (SSSR count). The van der Waals surface area contributed by atoms with Gasteiger partial charge in [0.05, 0.1) is 12.8 Å². The van der Waals surface area contributed by atoms with Gasteiger partial charge < -0.3 is 15.2 Å². The summed E-state index contributed by atoms with van der Waals surface area (Å²) < 4.78 is 5.18. The van der Waals surface area contributed by atoms with Gasteiger partial charge in [0.1, 0.15) is 23.1 Å². The summed E-state index contributed by atoms with van der Waals surface area (Å²) >= 11 is 0. The minimum Gasteiger partial charge on any atom is -0.506 e. The van der Waals surface area contributed by atoms with Gasteiger partial charge in [-0.1, -0.05) is 30.3 Å². The lowest BCUT2D eigenvalue weighted by molar-refractivity contribution is -0.112. The maximum absolute atomic E-state index is 12.1. The fourth-order valence-electron chi connectivity index (χ4n) is 1.86. The topological polar surface area (TPSA) is 82.3 Å². The van der Waals surface area contributed by atoms with Crippen LogP contribution in [0.25, 0.3) is 6.08 Å². The van der Waals surface area contributed by atoms with E-state index in [1.165, 1.54) is 19.3 Å². The first-order valence-electron chi connectivity index (χ1n) is 6.50. The monoisotopic (exact) mass is 294 g/mol. The molecule has 1 amide bonds. The van der Waals surface area contributed by atoms with Crippen LogP contribution in [0, 0.1) is 11.3 Å². The molecule has 5 heteroatoms. The van der Waals surface area contributed by atoms with E-state index in [1.54, 1.807) is 42.5 Å². The molecule has 0 aliphatic heterocycles. The second-order valence-electron chi connectivity index (χ2n) is 4.38. The normalized spacial score (nSPS) is 10.6. The number of amides is 1. The Bertz CT molecular complexity index is 760. The van der Waals surface area contributed by atoms with Crippen LogP contribution in [0.3, 0.4) is 0 Å². The van der Waals surface area contributed by atoms with E-state index in [-0.39, 0.29) is 17.0 Å². The van der Waals surface area contributed by atoms with E-state index in [9.17, 15) is 15.2 Å². The van der Waals surface area contributed by atoms with E-state index in [0.29, 0.717) is 11.3 Å². The van der Waals surface area contributed by atoms with Crippen LogP contribution in [0.5, 0.6) is 11.5 Å². The van der Waals surface area contributed by atoms with Gasteiger partial charge in [-0.3, -0.25) is 4.79 Å². The van der Waals surface area contributed by atoms with Crippen LogP contribution in [0.4, 0.5) is 5.69 Å². The maximum Gasteiger partial charge on any atom is 0.266 e. The van der Waals surface area contributed by atoms with Gasteiger partial charge in [-0.05, 0) is 24.3 Å². The van der Waals surface area contributed by atoms with Crippen molar-refractivity contribution in [2.45, 2.75) is 0 Å². The highest BCUT2D eigenvalue weighted by Crippen LogP contribution is 2.23. The van der Waals surface area contributed by atoms with Gasteiger partial charge >= 0.3 is 0 Å². The molecule has 0 saturated heterocycles. The number of carbonyl (C=O) groups excluding carboxylic acids is 1. The number of carbonyl (C=O) groups is 1. The van der Waals surface area contributed by atoms with Gasteiger partial charge in [-0.2, -0.15) is 5.26 Å². The van der Waals surface area contributed by atoms with Crippen LogP contribution in [-0.4, -0.2) is 18.1 Å². The van der Waals surface area contributed by atoms with E-state index in [2.05, 4.69) is 5.32 Å². The number of nitriles is 1. The molecule has 2 aromatic rings. The van der Waals surface area contributed by atoms with E-state index in [1.807, 2.05) is 6.07 Å². The molecule has 110 valence electrons. The number of nitrogens with zero attached hydrogens (tertiary/aromatic N) is 1. The molecule has 0 fully saturated rings. The number of benzene rings is 2. The number of ether oxygens (including phenoxy) is 1. The highest BCUT2D eigenvalue weighted by molar-refractivity contribution is 6.10. The zero-order valence-electron chi connectivity index (χ0n) is 11.9. The lowest BCUT2D eigenvalue weighted by Gasteiger charge is -2.07. The Morgan fingerprint density at radius 2 is 1.91 bits per heavy atom. The Labute approximate surface area is 128 Å². The van der Waals surface area contributed by atoms with Crippen molar-refractivity contribution in [2.75, 3.05) is 12.4 Å². The van der Waals surface area contributed by atoms with Gasteiger partial charge in [0, 0.05) is 5.56 Å². The number of phenols is 1. The minimum absolute atomic E-state index is 0.0644. The van der Waals surface area contributed by atoms with Gasteiger partial charge in [-0.15, -0.1) is 0 Å². The molecule has 0 bridgehead atoms. The Kier molecular flexibility index (Phi) is 4.78. The predicted molar refractivity (Wildman–Crippen MR) is 83.3 cm³/mol. The van der Waals surface area contributed by atoms with Gasteiger partial charge in [0.2, 0.25) is 0 Å². The smallest absolute Gasteiger partial charge is 0.266 e. The lowest BCUT2D eigenvalue weighted by Crippen LogP contribution is -2.13. The number of aromatic hydroxyl groups is 1. The molecule has 0 atom stereocenters. The molecule has 0 spiro atoms. The Balaban J connectivity index is 2.28. The number of methoxy groups -OCH3 is 1. The number of nitrogens with one attached hydrogen (secondary N) is 1. The summed E-state index contributed by atoms with van der Waals surface area (Å²) in [6, 6.07) is 15.2. The summed E-state index contributed by atoms with van der Waals surface area (Å²) in [7, 11) is 1.51. The second kappa shape index (κ2) is 6.95. The molecule has 5 nitrogen and oxygen atoms in total. The van der Waals surface area contributed by atoms with Crippen LogP contribution in [0.1, 0.15) is 5.56 Å². The SMILES string of the molecule is COc1ccccc1/C=C(\C#N)C(=O)Nc1ccccc1O. The maximum atomic E-state index is 12.1. The Hall–Kier alpha value is -3.26. The third-order valence-corrected chi connectivity index (χ3v) is 2.96. The van der Waals surface area contributed by atoms with Crippen LogP contribution >= 0.6 is 0 Å². The zero-order chi connectivity index (χ0) is 15.9. The summed E-state index contributed by atoms with van der Waals surface area (Å²) in [5.74, 6) is -0.106. The van der Waals surface area contributed by atoms with Gasteiger partial charge in [0.15, 0.2) is 0 Å². The zero-order valence-corrected chi connectivity index (χ0v) is 11.9. The summed E-state index contributed by atoms with van der Waals surface area (Å²) in [6.45, 7) is 0. The van der Waals surface area contributed by atoms with Crippen molar-refractivity contribution in [3.8, 4) is 17.6 Å². The molecule has 0 saturated carbocycles. The molecule has 2 N–H and O–H groups in total. The van der Waals surface area contributed by atoms with Crippen LogP contribution in [0.2, 0.25) is 0 Å². The molecular weight excluding hydrogens is 280 g/mol. The van der Waals surface area contributed by atoms with Crippen LogP contribution in [-0.2, 0) is 4.79 Å². The number of hydrogen-bond acceptors (Lipinski definition) is 4. The predicted octanol–water partition coefficient (Wildman–Crippen LogP) is 2.95. The number of phenolic OH excluding ortho intramolecular Hbond substituents is 1. The van der Waals surface area contributed by atoms with Crippen LogP contribution < -0.4 is 10.1 Å². The van der Waals surface area contributed by atoms with Crippen molar-refractivity contribution in [1.29, 1.82) is 5.26 Å². The van der Waals surface area contributed by atoms with Crippen molar-refractivity contribution < 1.29 is 14.6 Å². The Morgan fingerprint density at radius 1 is 1.23 bits per heavy atom. The van der Waals surface area contributed by atoms with E-state index >= 15 is 0 Å².